The van der Waals surface area contributed by atoms with E-state index < -0.39 is 11.1 Å². The topological polar surface area (TPSA) is 52.2 Å². The molecule has 1 atom stereocenters. The van der Waals surface area contributed by atoms with E-state index in [9.17, 15) is 8.76 Å². The van der Waals surface area contributed by atoms with Gasteiger partial charge in [0.2, 0.25) is 0 Å². The molecule has 0 aromatic heterocycles. The fraction of sp³-hybridized carbons (Fsp3) is 0.500. The van der Waals surface area contributed by atoms with Crippen LogP contribution in [0.1, 0.15) is 29.9 Å². The molecule has 88 valence electrons. The molecule has 1 N–H and O–H groups in total. The smallest absolute Gasteiger partial charge is 0.0356 e. The summed E-state index contributed by atoms with van der Waals surface area (Å²) in [6, 6.07) is 7.90. The highest BCUT2D eigenvalue weighted by Gasteiger charge is 2.17. The van der Waals surface area contributed by atoms with Gasteiger partial charge in [-0.15, -0.1) is 0 Å². The lowest BCUT2D eigenvalue weighted by Crippen LogP contribution is -2.27. The molecule has 1 saturated heterocycles. The summed E-state index contributed by atoms with van der Waals surface area (Å²) in [5.74, 6) is 0.654. The molecule has 1 aromatic rings. The highest BCUT2D eigenvalue weighted by molar-refractivity contribution is 7.78. The number of piperidine rings is 1. The van der Waals surface area contributed by atoms with Crippen LogP contribution in [-0.4, -0.2) is 21.9 Å². The molecule has 3 nitrogen and oxygen atoms in total. The first kappa shape index (κ1) is 11.8. The Bertz CT molecular complexity index is 375. The lowest BCUT2D eigenvalue weighted by molar-refractivity contribution is 0.458. The Morgan fingerprint density at radius 2 is 2.00 bits per heavy atom. The third-order valence-electron chi connectivity index (χ3n) is 3.11. The molecule has 1 aromatic carbocycles. The first-order valence-electron chi connectivity index (χ1n) is 5.62. The van der Waals surface area contributed by atoms with E-state index in [0.29, 0.717) is 5.92 Å². The number of hydrogen-bond acceptors (Lipinski definition) is 3. The molecule has 0 bridgehead atoms. The van der Waals surface area contributed by atoms with Crippen LogP contribution in [0.2, 0.25) is 0 Å². The Hall–Kier alpha value is -0.710. The molecule has 4 heteroatoms. The van der Waals surface area contributed by atoms with Crippen molar-refractivity contribution in [3.63, 3.8) is 0 Å². The lowest BCUT2D eigenvalue weighted by Gasteiger charge is -2.25. The molecule has 1 unspecified atom stereocenters. The first-order chi connectivity index (χ1) is 7.77. The van der Waals surface area contributed by atoms with Crippen LogP contribution in [-0.2, 0) is 16.8 Å². The zero-order chi connectivity index (χ0) is 11.4. The molecule has 1 fully saturated rings. The summed E-state index contributed by atoms with van der Waals surface area (Å²) in [6.45, 7) is 2.05. The number of benzene rings is 1. The third kappa shape index (κ3) is 2.90. The minimum absolute atomic E-state index is 0.139. The van der Waals surface area contributed by atoms with Crippen molar-refractivity contribution in [2.45, 2.75) is 24.5 Å². The van der Waals surface area contributed by atoms with Crippen molar-refractivity contribution in [3.8, 4) is 0 Å². The van der Waals surface area contributed by atoms with E-state index in [1.54, 1.807) is 0 Å². The summed E-state index contributed by atoms with van der Waals surface area (Å²) in [4.78, 5) is 0. The van der Waals surface area contributed by atoms with Crippen LogP contribution >= 0.6 is 0 Å². The average molecular weight is 238 g/mol. The second kappa shape index (κ2) is 5.57. The standard InChI is InChI=1S/C12H17NO2S/c14-16(15)9-11-3-1-2-4-12(11)10-5-7-13-8-6-10/h1-4,10,13H,5-9H2,(H,14,15)/p-1. The quantitative estimate of drug-likeness (QED) is 0.813. The van der Waals surface area contributed by atoms with Crippen molar-refractivity contribution in [3.05, 3.63) is 35.4 Å². The highest BCUT2D eigenvalue weighted by atomic mass is 32.2. The summed E-state index contributed by atoms with van der Waals surface area (Å²) in [5, 5.41) is 3.32. The van der Waals surface area contributed by atoms with Crippen LogP contribution in [0.3, 0.4) is 0 Å². The van der Waals surface area contributed by atoms with Crippen molar-refractivity contribution in [2.75, 3.05) is 13.1 Å². The van der Waals surface area contributed by atoms with Gasteiger partial charge in [0.25, 0.3) is 0 Å². The van der Waals surface area contributed by atoms with Crippen LogP contribution in [0.4, 0.5) is 0 Å². The molecule has 0 aliphatic carbocycles. The van der Waals surface area contributed by atoms with Gasteiger partial charge in [-0.3, -0.25) is 4.21 Å². The van der Waals surface area contributed by atoms with E-state index in [2.05, 4.69) is 11.4 Å². The number of nitrogens with one attached hydrogen (secondary N) is 1. The average Bonchev–Trinajstić information content (AvgIpc) is 2.30. The zero-order valence-corrected chi connectivity index (χ0v) is 9.96. The SMILES string of the molecule is O=S([O-])Cc1ccccc1C1CCNCC1. The maximum absolute atomic E-state index is 10.8. The Balaban J connectivity index is 2.20. The molecule has 0 saturated carbocycles. The van der Waals surface area contributed by atoms with Gasteiger partial charge in [-0.1, -0.05) is 35.3 Å². The lowest BCUT2D eigenvalue weighted by atomic mass is 9.87. The number of rotatable bonds is 3. The minimum Gasteiger partial charge on any atom is -0.772 e. The summed E-state index contributed by atoms with van der Waals surface area (Å²) in [5.41, 5.74) is 2.18. The summed E-state index contributed by atoms with van der Waals surface area (Å²) < 4.78 is 21.6. The summed E-state index contributed by atoms with van der Waals surface area (Å²) in [6.07, 6.45) is 2.20. The molecule has 1 aliphatic heterocycles. The van der Waals surface area contributed by atoms with Crippen molar-refractivity contribution in [2.24, 2.45) is 0 Å². The minimum atomic E-state index is -2.00. The van der Waals surface area contributed by atoms with Gasteiger partial charge < -0.3 is 9.87 Å². The molecule has 1 aliphatic rings. The molecule has 0 spiro atoms. The fourth-order valence-electron chi connectivity index (χ4n) is 2.32. The van der Waals surface area contributed by atoms with E-state index in [1.807, 2.05) is 18.2 Å². The molecule has 16 heavy (non-hydrogen) atoms. The van der Waals surface area contributed by atoms with E-state index in [0.717, 1.165) is 31.5 Å². The second-order valence-corrected chi connectivity index (χ2v) is 5.07. The normalized spacial score (nSPS) is 19.6. The Morgan fingerprint density at radius 1 is 1.31 bits per heavy atom. The largest absolute Gasteiger partial charge is 0.772 e. The van der Waals surface area contributed by atoms with Gasteiger partial charge >= 0.3 is 0 Å². The van der Waals surface area contributed by atoms with Crippen LogP contribution in [0.25, 0.3) is 0 Å². The van der Waals surface area contributed by atoms with Crippen molar-refractivity contribution in [1.29, 1.82) is 0 Å². The van der Waals surface area contributed by atoms with Crippen molar-refractivity contribution in [1.82, 2.24) is 5.32 Å². The first-order valence-corrected chi connectivity index (χ1v) is 6.86. The van der Waals surface area contributed by atoms with E-state index in [-0.39, 0.29) is 5.75 Å². The van der Waals surface area contributed by atoms with Gasteiger partial charge in [0.15, 0.2) is 0 Å². The van der Waals surface area contributed by atoms with Gasteiger partial charge in [-0.2, -0.15) is 0 Å². The Labute approximate surface area is 98.5 Å². The monoisotopic (exact) mass is 238 g/mol. The fourth-order valence-corrected chi connectivity index (χ4v) is 2.84. The molecule has 0 radical (unpaired) electrons. The predicted octanol–water partition coefficient (Wildman–Crippen LogP) is 1.53. The van der Waals surface area contributed by atoms with E-state index >= 15 is 0 Å². The van der Waals surface area contributed by atoms with Gasteiger partial charge in [-0.05, 0) is 43.0 Å². The van der Waals surface area contributed by atoms with Gasteiger partial charge in [0, 0.05) is 5.75 Å². The second-order valence-electron chi connectivity index (χ2n) is 4.17. The Kier molecular flexibility index (Phi) is 4.09. The maximum Gasteiger partial charge on any atom is 0.0356 e. The highest BCUT2D eigenvalue weighted by Crippen LogP contribution is 2.28. The number of hydrogen-bond donors (Lipinski definition) is 1. The summed E-state index contributed by atoms with van der Waals surface area (Å²) in [7, 11) is 0. The Morgan fingerprint density at radius 3 is 2.69 bits per heavy atom. The van der Waals surface area contributed by atoms with Gasteiger partial charge in [-0.25, -0.2) is 0 Å². The predicted molar refractivity (Wildman–Crippen MR) is 63.9 cm³/mol. The van der Waals surface area contributed by atoms with Crippen LogP contribution in [0.5, 0.6) is 0 Å². The van der Waals surface area contributed by atoms with E-state index in [4.69, 9.17) is 0 Å². The van der Waals surface area contributed by atoms with Crippen LogP contribution < -0.4 is 5.32 Å². The van der Waals surface area contributed by atoms with E-state index in [1.165, 1.54) is 5.56 Å². The molecule has 2 rings (SSSR count). The molecule has 1 heterocycles. The third-order valence-corrected chi connectivity index (χ3v) is 3.65. The van der Waals surface area contributed by atoms with Crippen molar-refractivity contribution < 1.29 is 8.76 Å². The van der Waals surface area contributed by atoms with Gasteiger partial charge in [0.05, 0.1) is 0 Å². The molecule has 0 amide bonds. The van der Waals surface area contributed by atoms with Crippen LogP contribution in [0, 0.1) is 0 Å². The van der Waals surface area contributed by atoms with Gasteiger partial charge in [0.1, 0.15) is 0 Å². The molecular formula is C12H16NO2S-. The summed E-state index contributed by atoms with van der Waals surface area (Å²) >= 11 is -2.00. The molecular weight excluding hydrogens is 222 g/mol. The zero-order valence-electron chi connectivity index (χ0n) is 9.15. The van der Waals surface area contributed by atoms with Crippen LogP contribution in [0.15, 0.2) is 24.3 Å². The maximum atomic E-state index is 10.8. The van der Waals surface area contributed by atoms with Crippen molar-refractivity contribution >= 4 is 11.1 Å².